The van der Waals surface area contributed by atoms with Crippen molar-refractivity contribution in [2.45, 2.75) is 44.9 Å². The maximum atomic E-state index is 11.2. The highest BCUT2D eigenvalue weighted by Crippen LogP contribution is 2.31. The van der Waals surface area contributed by atoms with Gasteiger partial charge >= 0.3 is 0 Å². The number of unbranched alkanes of at least 4 members (excludes halogenated alkanes) is 3. The lowest BCUT2D eigenvalue weighted by atomic mass is 10.1. The summed E-state index contributed by atoms with van der Waals surface area (Å²) in [7, 11) is 0. The summed E-state index contributed by atoms with van der Waals surface area (Å²) in [5.41, 5.74) is 5.36. The average molecular weight is 169 g/mol. The van der Waals surface area contributed by atoms with Crippen molar-refractivity contribution in [1.29, 1.82) is 0 Å². The van der Waals surface area contributed by atoms with Gasteiger partial charge in [-0.15, -0.1) is 0 Å². The number of Topliss-reactive ketones (excluding diaryl/α,β-unsaturated/α-hetero) is 1. The number of rotatable bonds is 7. The number of nitrogens with two attached hydrogens (primary N) is 1. The minimum Gasteiger partial charge on any atom is -0.330 e. The van der Waals surface area contributed by atoms with Crippen LogP contribution in [0.2, 0.25) is 0 Å². The highest BCUT2D eigenvalue weighted by molar-refractivity contribution is 5.82. The third-order valence-corrected chi connectivity index (χ3v) is 2.41. The zero-order valence-electron chi connectivity index (χ0n) is 7.72. The Labute approximate surface area is 74.5 Å². The van der Waals surface area contributed by atoms with Crippen LogP contribution in [0.4, 0.5) is 0 Å². The molecule has 1 fully saturated rings. The van der Waals surface area contributed by atoms with E-state index < -0.39 is 0 Å². The third kappa shape index (κ3) is 3.86. The van der Waals surface area contributed by atoms with E-state index in [9.17, 15) is 4.79 Å². The van der Waals surface area contributed by atoms with Crippen LogP contribution >= 0.6 is 0 Å². The van der Waals surface area contributed by atoms with E-state index in [1.165, 1.54) is 12.8 Å². The van der Waals surface area contributed by atoms with Crippen molar-refractivity contribution in [3.63, 3.8) is 0 Å². The second kappa shape index (κ2) is 5.31. The standard InChI is InChI=1S/C10H19NO/c11-8-4-2-1-3-5-10(12)9-6-7-9/h9H,1-8,11H2. The van der Waals surface area contributed by atoms with E-state index in [0.717, 1.165) is 38.6 Å². The highest BCUT2D eigenvalue weighted by atomic mass is 16.1. The minimum atomic E-state index is 0.458. The molecule has 0 aromatic rings. The van der Waals surface area contributed by atoms with Crippen molar-refractivity contribution in [3.8, 4) is 0 Å². The first kappa shape index (κ1) is 9.72. The van der Waals surface area contributed by atoms with E-state index in [-0.39, 0.29) is 0 Å². The Hall–Kier alpha value is -0.370. The molecule has 0 aromatic carbocycles. The summed E-state index contributed by atoms with van der Waals surface area (Å²) in [6, 6.07) is 0. The van der Waals surface area contributed by atoms with Crippen LogP contribution in [0, 0.1) is 5.92 Å². The summed E-state index contributed by atoms with van der Waals surface area (Å²) in [6.45, 7) is 0.788. The van der Waals surface area contributed by atoms with Gasteiger partial charge in [-0.05, 0) is 32.2 Å². The summed E-state index contributed by atoms with van der Waals surface area (Å²) in [5, 5.41) is 0. The third-order valence-electron chi connectivity index (χ3n) is 2.41. The van der Waals surface area contributed by atoms with Gasteiger partial charge in [-0.3, -0.25) is 4.79 Å². The molecule has 0 aromatic heterocycles. The molecular formula is C10H19NO. The first-order valence-electron chi connectivity index (χ1n) is 5.07. The van der Waals surface area contributed by atoms with Crippen LogP contribution in [0.3, 0.4) is 0 Å². The molecule has 0 unspecified atom stereocenters. The first-order valence-corrected chi connectivity index (χ1v) is 5.07. The molecule has 1 rings (SSSR count). The second-order valence-electron chi connectivity index (χ2n) is 3.69. The van der Waals surface area contributed by atoms with Crippen molar-refractivity contribution < 1.29 is 4.79 Å². The zero-order valence-corrected chi connectivity index (χ0v) is 7.72. The van der Waals surface area contributed by atoms with Gasteiger partial charge in [0.05, 0.1) is 0 Å². The fourth-order valence-electron chi connectivity index (χ4n) is 1.41. The maximum Gasteiger partial charge on any atom is 0.135 e. The van der Waals surface area contributed by atoms with Gasteiger partial charge in [0.15, 0.2) is 0 Å². The van der Waals surface area contributed by atoms with Gasteiger partial charge in [0, 0.05) is 12.3 Å². The lowest BCUT2D eigenvalue weighted by molar-refractivity contribution is -0.120. The SMILES string of the molecule is NCCCCCCC(=O)C1CC1. The van der Waals surface area contributed by atoms with Crippen LogP contribution in [-0.4, -0.2) is 12.3 Å². The Bertz CT molecular complexity index is 141. The summed E-state index contributed by atoms with van der Waals surface area (Å²) in [6.07, 6.45) is 7.68. The lowest BCUT2D eigenvalue weighted by Gasteiger charge is -1.98. The Morgan fingerprint density at radius 3 is 2.42 bits per heavy atom. The molecule has 2 nitrogen and oxygen atoms in total. The number of hydrogen-bond acceptors (Lipinski definition) is 2. The lowest BCUT2D eigenvalue weighted by Crippen LogP contribution is -2.00. The van der Waals surface area contributed by atoms with E-state index >= 15 is 0 Å². The topological polar surface area (TPSA) is 43.1 Å². The molecule has 0 atom stereocenters. The molecule has 1 saturated carbocycles. The van der Waals surface area contributed by atoms with Gasteiger partial charge in [-0.25, -0.2) is 0 Å². The quantitative estimate of drug-likeness (QED) is 0.591. The summed E-state index contributed by atoms with van der Waals surface area (Å²) < 4.78 is 0. The van der Waals surface area contributed by atoms with Crippen LogP contribution < -0.4 is 5.73 Å². The van der Waals surface area contributed by atoms with Gasteiger partial charge in [-0.2, -0.15) is 0 Å². The maximum absolute atomic E-state index is 11.2. The van der Waals surface area contributed by atoms with Crippen molar-refractivity contribution in [1.82, 2.24) is 0 Å². The summed E-state index contributed by atoms with van der Waals surface area (Å²) >= 11 is 0. The molecule has 70 valence electrons. The van der Waals surface area contributed by atoms with Gasteiger partial charge in [0.25, 0.3) is 0 Å². The molecule has 0 amide bonds. The molecule has 2 N–H and O–H groups in total. The van der Waals surface area contributed by atoms with Crippen molar-refractivity contribution in [2.24, 2.45) is 11.7 Å². The first-order chi connectivity index (χ1) is 5.84. The Morgan fingerprint density at radius 2 is 1.83 bits per heavy atom. The number of hydrogen-bond donors (Lipinski definition) is 1. The fourth-order valence-corrected chi connectivity index (χ4v) is 1.41. The van der Waals surface area contributed by atoms with Crippen LogP contribution in [0.5, 0.6) is 0 Å². The predicted molar refractivity (Wildman–Crippen MR) is 49.9 cm³/mol. The van der Waals surface area contributed by atoms with Crippen LogP contribution in [0.15, 0.2) is 0 Å². The normalized spacial score (nSPS) is 16.4. The largest absolute Gasteiger partial charge is 0.330 e. The van der Waals surface area contributed by atoms with Gasteiger partial charge < -0.3 is 5.73 Å². The molecule has 12 heavy (non-hydrogen) atoms. The second-order valence-corrected chi connectivity index (χ2v) is 3.69. The predicted octanol–water partition coefficient (Wildman–Crippen LogP) is 1.87. The van der Waals surface area contributed by atoms with Crippen LogP contribution in [0.25, 0.3) is 0 Å². The van der Waals surface area contributed by atoms with Crippen molar-refractivity contribution in [3.05, 3.63) is 0 Å². The fraction of sp³-hybridized carbons (Fsp3) is 0.900. The van der Waals surface area contributed by atoms with E-state index in [1.807, 2.05) is 0 Å². The summed E-state index contributed by atoms with van der Waals surface area (Å²) in [4.78, 5) is 11.2. The number of carbonyl (C=O) groups is 1. The monoisotopic (exact) mass is 169 g/mol. The van der Waals surface area contributed by atoms with E-state index in [4.69, 9.17) is 5.73 Å². The molecule has 2 heteroatoms. The number of carbonyl (C=O) groups excluding carboxylic acids is 1. The Kier molecular flexibility index (Phi) is 4.30. The molecule has 0 spiro atoms. The Morgan fingerprint density at radius 1 is 1.17 bits per heavy atom. The minimum absolute atomic E-state index is 0.458. The molecule has 0 radical (unpaired) electrons. The number of ketones is 1. The molecule has 1 aliphatic carbocycles. The van der Waals surface area contributed by atoms with Gasteiger partial charge in [0.1, 0.15) is 5.78 Å². The van der Waals surface area contributed by atoms with E-state index in [2.05, 4.69) is 0 Å². The molecule has 0 bridgehead atoms. The zero-order chi connectivity index (χ0) is 8.81. The van der Waals surface area contributed by atoms with Crippen LogP contribution in [0.1, 0.15) is 44.9 Å². The van der Waals surface area contributed by atoms with Gasteiger partial charge in [-0.1, -0.05) is 12.8 Å². The van der Waals surface area contributed by atoms with E-state index in [1.54, 1.807) is 0 Å². The smallest absolute Gasteiger partial charge is 0.135 e. The molecule has 0 saturated heterocycles. The van der Waals surface area contributed by atoms with Gasteiger partial charge in [0.2, 0.25) is 0 Å². The van der Waals surface area contributed by atoms with Crippen molar-refractivity contribution in [2.75, 3.05) is 6.54 Å². The molecule has 1 aliphatic rings. The molecule has 0 aliphatic heterocycles. The van der Waals surface area contributed by atoms with Crippen molar-refractivity contribution >= 4 is 5.78 Å². The highest BCUT2D eigenvalue weighted by Gasteiger charge is 2.28. The van der Waals surface area contributed by atoms with Crippen LogP contribution in [-0.2, 0) is 4.79 Å². The molecular weight excluding hydrogens is 150 g/mol. The summed E-state index contributed by atoms with van der Waals surface area (Å²) in [5.74, 6) is 0.960. The Balaban J connectivity index is 1.84. The van der Waals surface area contributed by atoms with E-state index in [0.29, 0.717) is 11.7 Å². The average Bonchev–Trinajstić information content (AvgIpc) is 2.86. The molecule has 0 heterocycles.